The van der Waals surface area contributed by atoms with Crippen molar-refractivity contribution in [1.82, 2.24) is 4.90 Å². The maximum absolute atomic E-state index is 13.6. The van der Waals surface area contributed by atoms with Gasteiger partial charge < -0.3 is 14.2 Å². The van der Waals surface area contributed by atoms with E-state index in [9.17, 15) is 9.59 Å². The summed E-state index contributed by atoms with van der Waals surface area (Å²) in [5.74, 6) is 0.895. The number of hydrogen-bond acceptors (Lipinski definition) is 7. The Bertz CT molecular complexity index is 1120. The Morgan fingerprint density at radius 1 is 1.08 bits per heavy atom. The summed E-state index contributed by atoms with van der Waals surface area (Å²) in [6.45, 7) is 12.9. The fourth-order valence-corrected chi connectivity index (χ4v) is 5.90. The second kappa shape index (κ2) is 12.2. The minimum atomic E-state index is -1.06. The summed E-state index contributed by atoms with van der Waals surface area (Å²) in [5.41, 5.74) is 2.97. The van der Waals surface area contributed by atoms with Gasteiger partial charge in [0, 0.05) is 29.5 Å². The molecule has 2 heterocycles. The van der Waals surface area contributed by atoms with Crippen molar-refractivity contribution >= 4 is 23.5 Å². The summed E-state index contributed by atoms with van der Waals surface area (Å²) in [5, 5.41) is 0. The number of carbonyl (C=O) groups excluding carboxylic acids is 2. The van der Waals surface area contributed by atoms with Gasteiger partial charge in [-0.2, -0.15) is 0 Å². The summed E-state index contributed by atoms with van der Waals surface area (Å²) >= 11 is 1.69. The molecule has 206 valence electrons. The summed E-state index contributed by atoms with van der Waals surface area (Å²) in [4.78, 5) is 29.6. The number of benzene rings is 2. The van der Waals surface area contributed by atoms with Crippen LogP contribution in [0.1, 0.15) is 54.2 Å². The molecule has 2 aliphatic heterocycles. The monoisotopic (exact) mass is 539 g/mol. The highest BCUT2D eigenvalue weighted by Crippen LogP contribution is 2.35. The fraction of sp³-hybridized carbons (Fsp3) is 0.548. The van der Waals surface area contributed by atoms with Gasteiger partial charge in [-0.05, 0) is 88.5 Å². The number of hydrogen-bond donors (Lipinski definition) is 0. The van der Waals surface area contributed by atoms with E-state index in [1.54, 1.807) is 32.5 Å². The molecule has 6 nitrogen and oxygen atoms in total. The van der Waals surface area contributed by atoms with Crippen molar-refractivity contribution < 1.29 is 23.8 Å². The van der Waals surface area contributed by atoms with Crippen LogP contribution >= 0.6 is 11.8 Å². The lowest BCUT2D eigenvalue weighted by Gasteiger charge is -2.34. The van der Waals surface area contributed by atoms with Crippen LogP contribution in [0.5, 0.6) is 5.75 Å². The second-order valence-electron chi connectivity index (χ2n) is 11.0. The first kappa shape index (κ1) is 28.7. The Morgan fingerprint density at radius 2 is 1.74 bits per heavy atom. The van der Waals surface area contributed by atoms with Crippen LogP contribution in [0.3, 0.4) is 0 Å². The average molecular weight is 540 g/mol. The van der Waals surface area contributed by atoms with Crippen molar-refractivity contribution in [1.29, 1.82) is 0 Å². The zero-order valence-electron chi connectivity index (χ0n) is 23.5. The Balaban J connectivity index is 1.47. The van der Waals surface area contributed by atoms with Crippen LogP contribution in [0.4, 0.5) is 0 Å². The molecule has 2 fully saturated rings. The molecule has 0 bridgehead atoms. The molecule has 7 heteroatoms. The number of nitrogens with zero attached hydrogens (tertiary/aromatic N) is 1. The van der Waals surface area contributed by atoms with Gasteiger partial charge in [0.25, 0.3) is 0 Å². The lowest BCUT2D eigenvalue weighted by molar-refractivity contribution is -0.158. The number of aryl methyl sites for hydroxylation is 3. The number of esters is 1. The molecule has 4 rings (SSSR count). The Kier molecular flexibility index (Phi) is 9.22. The molecule has 0 spiro atoms. The lowest BCUT2D eigenvalue weighted by Crippen LogP contribution is -2.48. The largest absolute Gasteiger partial charge is 0.476 e. The van der Waals surface area contributed by atoms with Crippen molar-refractivity contribution in [2.75, 3.05) is 39.2 Å². The van der Waals surface area contributed by atoms with E-state index >= 15 is 0 Å². The molecule has 38 heavy (non-hydrogen) atoms. The Labute approximate surface area is 231 Å². The molecule has 0 aliphatic carbocycles. The summed E-state index contributed by atoms with van der Waals surface area (Å²) in [6, 6.07) is 12.8. The fourth-order valence-electron chi connectivity index (χ4n) is 5.49. The van der Waals surface area contributed by atoms with Gasteiger partial charge in [-0.1, -0.05) is 24.3 Å². The van der Waals surface area contributed by atoms with Crippen LogP contribution in [-0.2, 0) is 20.7 Å². The van der Waals surface area contributed by atoms with Crippen molar-refractivity contribution in [3.05, 3.63) is 58.7 Å². The van der Waals surface area contributed by atoms with E-state index in [0.717, 1.165) is 61.6 Å². The van der Waals surface area contributed by atoms with Gasteiger partial charge in [-0.25, -0.2) is 4.79 Å². The average Bonchev–Trinajstić information content (AvgIpc) is 3.27. The summed E-state index contributed by atoms with van der Waals surface area (Å²) in [6.07, 6.45) is 3.88. The highest BCUT2D eigenvalue weighted by molar-refractivity contribution is 7.98. The molecule has 2 aromatic carbocycles. The van der Waals surface area contributed by atoms with Gasteiger partial charge in [0.2, 0.25) is 0 Å². The van der Waals surface area contributed by atoms with Crippen LogP contribution in [0.25, 0.3) is 0 Å². The number of ketones is 1. The zero-order valence-corrected chi connectivity index (χ0v) is 24.4. The normalized spacial score (nSPS) is 20.3. The molecule has 0 aromatic heterocycles. The van der Waals surface area contributed by atoms with Crippen molar-refractivity contribution in [2.45, 2.75) is 64.0 Å². The smallest absolute Gasteiger partial charge is 0.349 e. The van der Waals surface area contributed by atoms with E-state index in [4.69, 9.17) is 14.2 Å². The van der Waals surface area contributed by atoms with E-state index in [0.29, 0.717) is 18.6 Å². The van der Waals surface area contributed by atoms with E-state index in [-0.39, 0.29) is 17.7 Å². The van der Waals surface area contributed by atoms with Gasteiger partial charge in [-0.15, -0.1) is 11.8 Å². The third-order valence-corrected chi connectivity index (χ3v) is 8.51. The SMILES string of the molecule is CCOC(=O)C(C)(C)Oc1c(C)cc(CC[C@H]2CN(C3COC3)CC2C(=O)c2ccc(SC)cc2)cc1C. The molecule has 2 aromatic rings. The highest BCUT2D eigenvalue weighted by Gasteiger charge is 2.41. The number of ether oxygens (including phenoxy) is 3. The Hall–Kier alpha value is -2.35. The minimum absolute atomic E-state index is 0.00842. The van der Waals surface area contributed by atoms with Crippen LogP contribution < -0.4 is 4.74 Å². The maximum Gasteiger partial charge on any atom is 0.349 e. The number of thioether (sulfide) groups is 1. The van der Waals surface area contributed by atoms with Gasteiger partial charge >= 0.3 is 5.97 Å². The van der Waals surface area contributed by atoms with Crippen LogP contribution in [0.2, 0.25) is 0 Å². The molecule has 2 aliphatic rings. The van der Waals surface area contributed by atoms with Crippen LogP contribution in [0, 0.1) is 25.7 Å². The van der Waals surface area contributed by atoms with Crippen LogP contribution in [-0.4, -0.2) is 67.5 Å². The van der Waals surface area contributed by atoms with Crippen molar-refractivity contribution in [3.63, 3.8) is 0 Å². The standard InChI is InChI=1S/C31H41NO5S/c1-7-36-30(34)31(4,5)37-29-20(2)14-22(15-21(29)3)8-9-24-16-32(25-18-35-19-25)17-27(24)28(33)23-10-12-26(38-6)13-11-23/h10-15,24-25,27H,7-9,16-19H2,1-6H3/t24-,27?/m0/s1. The molecular formula is C31H41NO5S. The lowest BCUT2D eigenvalue weighted by atomic mass is 9.84. The van der Waals surface area contributed by atoms with Crippen LogP contribution in [0.15, 0.2) is 41.3 Å². The molecule has 2 atom stereocenters. The topological polar surface area (TPSA) is 65.1 Å². The third-order valence-electron chi connectivity index (χ3n) is 7.77. The predicted molar refractivity (Wildman–Crippen MR) is 151 cm³/mol. The van der Waals surface area contributed by atoms with Gasteiger partial charge in [0.05, 0.1) is 25.9 Å². The zero-order chi connectivity index (χ0) is 27.4. The first-order valence-corrected chi connectivity index (χ1v) is 14.8. The second-order valence-corrected chi connectivity index (χ2v) is 11.9. The number of carbonyl (C=O) groups is 2. The first-order valence-electron chi connectivity index (χ1n) is 13.6. The molecule has 0 radical (unpaired) electrons. The number of rotatable bonds is 11. The van der Waals surface area contributed by atoms with Gasteiger partial charge in [-0.3, -0.25) is 9.69 Å². The Morgan fingerprint density at radius 3 is 2.29 bits per heavy atom. The van der Waals surface area contributed by atoms with E-state index < -0.39 is 5.60 Å². The van der Waals surface area contributed by atoms with E-state index in [2.05, 4.69) is 17.0 Å². The predicted octanol–water partition coefficient (Wildman–Crippen LogP) is 5.51. The molecular weight excluding hydrogens is 498 g/mol. The van der Waals surface area contributed by atoms with Gasteiger partial charge in [0.15, 0.2) is 11.4 Å². The molecule has 0 saturated carbocycles. The first-order chi connectivity index (χ1) is 18.1. The molecule has 1 unspecified atom stereocenters. The van der Waals surface area contributed by atoms with Crippen molar-refractivity contribution in [2.24, 2.45) is 11.8 Å². The number of Topliss-reactive ketones (excluding diaryl/α,β-unsaturated/α-hetero) is 1. The van der Waals surface area contributed by atoms with Gasteiger partial charge in [0.1, 0.15) is 5.75 Å². The summed E-state index contributed by atoms with van der Waals surface area (Å²) < 4.78 is 16.8. The van der Waals surface area contributed by atoms with E-state index in [1.165, 1.54) is 10.5 Å². The minimum Gasteiger partial charge on any atom is -0.476 e. The number of likely N-dealkylation sites (tertiary alicyclic amines) is 1. The molecule has 0 amide bonds. The highest BCUT2D eigenvalue weighted by atomic mass is 32.2. The van der Waals surface area contributed by atoms with Crippen molar-refractivity contribution in [3.8, 4) is 5.75 Å². The summed E-state index contributed by atoms with van der Waals surface area (Å²) in [7, 11) is 0. The molecule has 2 saturated heterocycles. The third kappa shape index (κ3) is 6.44. The quantitative estimate of drug-likeness (QED) is 0.212. The van der Waals surface area contributed by atoms with E-state index in [1.807, 2.05) is 44.4 Å². The molecule has 0 N–H and O–H groups in total. The maximum atomic E-state index is 13.6.